The van der Waals surface area contributed by atoms with Crippen LogP contribution in [0.3, 0.4) is 0 Å². The lowest BCUT2D eigenvalue weighted by molar-refractivity contribution is 0.178. The fraction of sp³-hybridized carbons (Fsp3) is 0.200. The summed E-state index contributed by atoms with van der Waals surface area (Å²) in [6.45, 7) is 0. The van der Waals surface area contributed by atoms with Gasteiger partial charge in [0, 0.05) is 31.2 Å². The van der Waals surface area contributed by atoms with Crippen LogP contribution in [0.25, 0.3) is 10.9 Å². The third-order valence-corrected chi connectivity index (χ3v) is 3.21. The number of aliphatic hydroxyl groups excluding tert-OH is 1. The second-order valence-electron chi connectivity index (χ2n) is 4.62. The smallest absolute Gasteiger partial charge is 0.0852 e. The molecule has 0 saturated carbocycles. The lowest BCUT2D eigenvalue weighted by atomic mass is 10.0. The summed E-state index contributed by atoms with van der Waals surface area (Å²) in [5.41, 5.74) is 2.69. The summed E-state index contributed by atoms with van der Waals surface area (Å²) in [5.74, 6) is 0. The quantitative estimate of drug-likeness (QED) is 0.779. The predicted octanol–water partition coefficient (Wildman–Crippen LogP) is 2.24. The Kier molecular flexibility index (Phi) is 3.01. The minimum absolute atomic E-state index is 0.509. The standard InChI is InChI=1S/C15H15N3O/c1-18-9-7-11(17-18)10-15(19)13-4-2-6-14-12(13)5-3-8-16-14/h2-9,15,19H,10H2,1H3. The average molecular weight is 253 g/mol. The topological polar surface area (TPSA) is 50.9 Å². The fourth-order valence-corrected chi connectivity index (χ4v) is 2.30. The van der Waals surface area contributed by atoms with Crippen LogP contribution >= 0.6 is 0 Å². The van der Waals surface area contributed by atoms with Gasteiger partial charge >= 0.3 is 0 Å². The molecule has 3 rings (SSSR count). The Morgan fingerprint density at radius 3 is 2.89 bits per heavy atom. The number of fused-ring (bicyclic) bond motifs is 1. The number of aliphatic hydroxyl groups is 1. The summed E-state index contributed by atoms with van der Waals surface area (Å²) >= 11 is 0. The van der Waals surface area contributed by atoms with E-state index in [2.05, 4.69) is 10.1 Å². The Morgan fingerprint density at radius 1 is 1.21 bits per heavy atom. The molecule has 0 spiro atoms. The number of hydrogen-bond donors (Lipinski definition) is 1. The molecular weight excluding hydrogens is 238 g/mol. The van der Waals surface area contributed by atoms with E-state index in [0.29, 0.717) is 6.42 Å². The predicted molar refractivity (Wildman–Crippen MR) is 73.6 cm³/mol. The molecule has 19 heavy (non-hydrogen) atoms. The Bertz CT molecular complexity index is 700. The molecule has 1 atom stereocenters. The van der Waals surface area contributed by atoms with Crippen molar-refractivity contribution in [3.05, 3.63) is 60.0 Å². The zero-order valence-electron chi connectivity index (χ0n) is 10.7. The Morgan fingerprint density at radius 2 is 2.11 bits per heavy atom. The van der Waals surface area contributed by atoms with Crippen molar-refractivity contribution in [3.8, 4) is 0 Å². The van der Waals surface area contributed by atoms with Gasteiger partial charge in [0.2, 0.25) is 0 Å². The highest BCUT2D eigenvalue weighted by molar-refractivity contribution is 5.82. The molecule has 3 aromatic rings. The normalized spacial score (nSPS) is 12.7. The van der Waals surface area contributed by atoms with Gasteiger partial charge in [0.05, 0.1) is 17.3 Å². The Labute approximate surface area is 111 Å². The van der Waals surface area contributed by atoms with Gasteiger partial charge in [-0.2, -0.15) is 5.10 Å². The van der Waals surface area contributed by atoms with Gasteiger partial charge in [0.15, 0.2) is 0 Å². The molecule has 4 heteroatoms. The number of aryl methyl sites for hydroxylation is 1. The highest BCUT2D eigenvalue weighted by atomic mass is 16.3. The van der Waals surface area contributed by atoms with Crippen LogP contribution in [0.2, 0.25) is 0 Å². The summed E-state index contributed by atoms with van der Waals surface area (Å²) in [4.78, 5) is 4.30. The van der Waals surface area contributed by atoms with Crippen LogP contribution in [0.15, 0.2) is 48.8 Å². The molecule has 4 nitrogen and oxygen atoms in total. The van der Waals surface area contributed by atoms with E-state index in [4.69, 9.17) is 0 Å². The van der Waals surface area contributed by atoms with Gasteiger partial charge < -0.3 is 5.11 Å². The van der Waals surface area contributed by atoms with E-state index in [9.17, 15) is 5.11 Å². The Hall–Kier alpha value is -2.20. The van der Waals surface area contributed by atoms with Crippen LogP contribution in [0.4, 0.5) is 0 Å². The molecule has 1 N–H and O–H groups in total. The largest absolute Gasteiger partial charge is 0.388 e. The number of benzene rings is 1. The second kappa shape index (κ2) is 4.82. The van der Waals surface area contributed by atoms with Gasteiger partial charge in [-0.3, -0.25) is 9.67 Å². The van der Waals surface area contributed by atoms with E-state index in [0.717, 1.165) is 22.2 Å². The maximum absolute atomic E-state index is 10.4. The molecular formula is C15H15N3O. The molecule has 0 amide bonds. The molecule has 0 saturated heterocycles. The third-order valence-electron chi connectivity index (χ3n) is 3.21. The number of hydrogen-bond acceptors (Lipinski definition) is 3. The second-order valence-corrected chi connectivity index (χ2v) is 4.62. The van der Waals surface area contributed by atoms with Crippen molar-refractivity contribution < 1.29 is 5.11 Å². The SMILES string of the molecule is Cn1ccc(CC(O)c2cccc3ncccc23)n1. The molecule has 0 fully saturated rings. The minimum Gasteiger partial charge on any atom is -0.388 e. The van der Waals surface area contributed by atoms with E-state index >= 15 is 0 Å². The zero-order valence-corrected chi connectivity index (χ0v) is 10.7. The van der Waals surface area contributed by atoms with E-state index in [1.807, 2.05) is 49.6 Å². The highest BCUT2D eigenvalue weighted by Crippen LogP contribution is 2.25. The molecule has 0 radical (unpaired) electrons. The first-order chi connectivity index (χ1) is 9.24. The summed E-state index contributed by atoms with van der Waals surface area (Å²) < 4.78 is 1.74. The van der Waals surface area contributed by atoms with Gasteiger partial charge in [-0.15, -0.1) is 0 Å². The van der Waals surface area contributed by atoms with Crippen molar-refractivity contribution in [2.75, 3.05) is 0 Å². The van der Waals surface area contributed by atoms with Crippen LogP contribution in [-0.4, -0.2) is 19.9 Å². The summed E-state index contributed by atoms with van der Waals surface area (Å²) in [6.07, 6.45) is 3.58. The highest BCUT2D eigenvalue weighted by Gasteiger charge is 2.13. The maximum Gasteiger partial charge on any atom is 0.0852 e. The van der Waals surface area contributed by atoms with Crippen molar-refractivity contribution in [2.24, 2.45) is 7.05 Å². The van der Waals surface area contributed by atoms with Gasteiger partial charge in [-0.1, -0.05) is 18.2 Å². The number of nitrogens with zero attached hydrogens (tertiary/aromatic N) is 3. The van der Waals surface area contributed by atoms with Gasteiger partial charge in [0.1, 0.15) is 0 Å². The molecule has 0 aliphatic carbocycles. The minimum atomic E-state index is -0.567. The first kappa shape index (κ1) is 11.9. The first-order valence-electron chi connectivity index (χ1n) is 6.24. The van der Waals surface area contributed by atoms with Crippen LogP contribution in [0.5, 0.6) is 0 Å². The van der Waals surface area contributed by atoms with Crippen molar-refractivity contribution in [1.29, 1.82) is 0 Å². The van der Waals surface area contributed by atoms with Crippen molar-refractivity contribution >= 4 is 10.9 Å². The van der Waals surface area contributed by atoms with Crippen LogP contribution < -0.4 is 0 Å². The van der Waals surface area contributed by atoms with Crippen LogP contribution in [0, 0.1) is 0 Å². The van der Waals surface area contributed by atoms with Gasteiger partial charge in [-0.05, 0) is 23.8 Å². The zero-order chi connectivity index (χ0) is 13.2. The summed E-state index contributed by atoms with van der Waals surface area (Å²) in [7, 11) is 1.87. The van der Waals surface area contributed by atoms with E-state index in [-0.39, 0.29) is 0 Å². The van der Waals surface area contributed by atoms with E-state index < -0.39 is 6.10 Å². The molecule has 0 bridgehead atoms. The maximum atomic E-state index is 10.4. The Balaban J connectivity index is 1.95. The van der Waals surface area contributed by atoms with Gasteiger partial charge in [0.25, 0.3) is 0 Å². The van der Waals surface area contributed by atoms with Crippen LogP contribution in [-0.2, 0) is 13.5 Å². The molecule has 2 aromatic heterocycles. The van der Waals surface area contributed by atoms with E-state index in [1.165, 1.54) is 0 Å². The van der Waals surface area contributed by atoms with Crippen molar-refractivity contribution in [2.45, 2.75) is 12.5 Å². The molecule has 0 aliphatic heterocycles. The molecule has 96 valence electrons. The monoisotopic (exact) mass is 253 g/mol. The fourth-order valence-electron chi connectivity index (χ4n) is 2.30. The van der Waals surface area contributed by atoms with E-state index in [1.54, 1.807) is 10.9 Å². The summed E-state index contributed by atoms with van der Waals surface area (Å²) in [6, 6.07) is 11.6. The lowest BCUT2D eigenvalue weighted by Crippen LogP contribution is -2.04. The molecule has 0 aliphatic rings. The molecule has 2 heterocycles. The lowest BCUT2D eigenvalue weighted by Gasteiger charge is -2.12. The number of rotatable bonds is 3. The molecule has 1 aromatic carbocycles. The number of aromatic nitrogens is 3. The average Bonchev–Trinajstić information content (AvgIpc) is 2.83. The van der Waals surface area contributed by atoms with Crippen molar-refractivity contribution in [1.82, 2.24) is 14.8 Å². The molecule has 1 unspecified atom stereocenters. The van der Waals surface area contributed by atoms with Crippen molar-refractivity contribution in [3.63, 3.8) is 0 Å². The number of pyridine rings is 1. The van der Waals surface area contributed by atoms with Crippen LogP contribution in [0.1, 0.15) is 17.4 Å². The summed E-state index contributed by atoms with van der Waals surface area (Å²) in [5, 5.41) is 15.7. The first-order valence-corrected chi connectivity index (χ1v) is 6.24. The third kappa shape index (κ3) is 2.35. The van der Waals surface area contributed by atoms with Gasteiger partial charge in [-0.25, -0.2) is 0 Å².